The molecule has 1 aliphatic heterocycles. The second-order valence-corrected chi connectivity index (χ2v) is 6.11. The fourth-order valence-corrected chi connectivity index (χ4v) is 2.94. The molecule has 2 atom stereocenters. The second kappa shape index (κ2) is 6.49. The number of nitrogens with one attached hydrogen (secondary N) is 1. The van der Waals surface area contributed by atoms with E-state index in [9.17, 15) is 0 Å². The predicted molar refractivity (Wildman–Crippen MR) is 83.7 cm³/mol. The lowest BCUT2D eigenvalue weighted by Gasteiger charge is -2.33. The monoisotopic (exact) mass is 277 g/mol. The van der Waals surface area contributed by atoms with Crippen molar-refractivity contribution < 1.29 is 9.47 Å². The van der Waals surface area contributed by atoms with Gasteiger partial charge in [0, 0.05) is 23.9 Å². The molecule has 1 aromatic rings. The highest BCUT2D eigenvalue weighted by atomic mass is 16.5. The van der Waals surface area contributed by atoms with Crippen LogP contribution in [0.2, 0.25) is 0 Å². The van der Waals surface area contributed by atoms with E-state index in [0.29, 0.717) is 18.1 Å². The van der Waals surface area contributed by atoms with Gasteiger partial charge in [-0.1, -0.05) is 19.9 Å². The highest BCUT2D eigenvalue weighted by Crippen LogP contribution is 2.31. The zero-order valence-electron chi connectivity index (χ0n) is 13.3. The third kappa shape index (κ3) is 3.26. The van der Waals surface area contributed by atoms with Crippen molar-refractivity contribution in [2.24, 2.45) is 5.92 Å². The lowest BCUT2D eigenvalue weighted by molar-refractivity contribution is -0.0160. The number of anilines is 1. The molecule has 3 heteroatoms. The number of benzene rings is 1. The minimum absolute atomic E-state index is 0.369. The highest BCUT2D eigenvalue weighted by Gasteiger charge is 2.25. The Balaban J connectivity index is 2.10. The molecule has 1 saturated heterocycles. The van der Waals surface area contributed by atoms with Crippen molar-refractivity contribution in [1.29, 1.82) is 0 Å². The maximum absolute atomic E-state index is 5.84. The van der Waals surface area contributed by atoms with Gasteiger partial charge in [0.2, 0.25) is 0 Å². The Bertz CT molecular complexity index is 457. The first-order valence-electron chi connectivity index (χ1n) is 7.55. The topological polar surface area (TPSA) is 30.5 Å². The quantitative estimate of drug-likeness (QED) is 0.904. The van der Waals surface area contributed by atoms with Crippen LogP contribution in [-0.4, -0.2) is 25.9 Å². The second-order valence-electron chi connectivity index (χ2n) is 6.11. The summed E-state index contributed by atoms with van der Waals surface area (Å²) in [4.78, 5) is 0. The normalized spacial score (nSPS) is 22.9. The van der Waals surface area contributed by atoms with E-state index in [0.717, 1.165) is 25.2 Å². The molecule has 1 heterocycles. The van der Waals surface area contributed by atoms with Gasteiger partial charge in [0.25, 0.3) is 0 Å². The molecule has 20 heavy (non-hydrogen) atoms. The van der Waals surface area contributed by atoms with Crippen molar-refractivity contribution in [2.45, 2.75) is 52.7 Å². The van der Waals surface area contributed by atoms with E-state index in [4.69, 9.17) is 9.47 Å². The highest BCUT2D eigenvalue weighted by molar-refractivity contribution is 5.60. The van der Waals surface area contributed by atoms with Gasteiger partial charge in [-0.15, -0.1) is 0 Å². The van der Waals surface area contributed by atoms with Crippen LogP contribution in [0.1, 0.15) is 37.8 Å². The SMILES string of the molecule is COc1c(C)ccc(NC2CCOC(C(C)C)C2)c1C. The Hall–Kier alpha value is -1.22. The van der Waals surface area contributed by atoms with Crippen molar-refractivity contribution in [1.82, 2.24) is 0 Å². The summed E-state index contributed by atoms with van der Waals surface area (Å²) < 4.78 is 11.3. The standard InChI is InChI=1S/C17H27NO2/c1-11(2)16-10-14(8-9-20-16)18-15-7-6-12(3)17(19-5)13(15)4/h6-7,11,14,16,18H,8-10H2,1-5H3. The molecule has 0 spiro atoms. The van der Waals surface area contributed by atoms with Crippen LogP contribution in [0.4, 0.5) is 5.69 Å². The Morgan fingerprint density at radius 3 is 2.70 bits per heavy atom. The average molecular weight is 277 g/mol. The number of methoxy groups -OCH3 is 1. The summed E-state index contributed by atoms with van der Waals surface area (Å²) in [5.74, 6) is 1.57. The number of hydrogen-bond donors (Lipinski definition) is 1. The molecule has 0 amide bonds. The third-order valence-corrected chi connectivity index (χ3v) is 4.23. The molecule has 0 radical (unpaired) electrons. The van der Waals surface area contributed by atoms with E-state index in [-0.39, 0.29) is 0 Å². The molecular weight excluding hydrogens is 250 g/mol. The molecule has 0 saturated carbocycles. The van der Waals surface area contributed by atoms with E-state index >= 15 is 0 Å². The van der Waals surface area contributed by atoms with Gasteiger partial charge < -0.3 is 14.8 Å². The summed E-state index contributed by atoms with van der Waals surface area (Å²) in [7, 11) is 1.74. The fraction of sp³-hybridized carbons (Fsp3) is 0.647. The van der Waals surface area contributed by atoms with Gasteiger partial charge >= 0.3 is 0 Å². The number of ether oxygens (including phenoxy) is 2. The van der Waals surface area contributed by atoms with Crippen molar-refractivity contribution in [3.63, 3.8) is 0 Å². The maximum Gasteiger partial charge on any atom is 0.126 e. The van der Waals surface area contributed by atoms with Crippen LogP contribution >= 0.6 is 0 Å². The molecule has 1 N–H and O–H groups in total. The first-order valence-corrected chi connectivity index (χ1v) is 7.55. The molecule has 1 fully saturated rings. The fourth-order valence-electron chi connectivity index (χ4n) is 2.94. The Kier molecular flexibility index (Phi) is 4.92. The van der Waals surface area contributed by atoms with Crippen molar-refractivity contribution >= 4 is 5.69 Å². The predicted octanol–water partition coefficient (Wildman–Crippen LogP) is 3.93. The summed E-state index contributed by atoms with van der Waals surface area (Å²) in [5.41, 5.74) is 3.56. The number of rotatable bonds is 4. The summed E-state index contributed by atoms with van der Waals surface area (Å²) in [6, 6.07) is 4.77. The molecular formula is C17H27NO2. The number of hydrogen-bond acceptors (Lipinski definition) is 3. The largest absolute Gasteiger partial charge is 0.496 e. The van der Waals surface area contributed by atoms with Gasteiger partial charge in [-0.25, -0.2) is 0 Å². The molecule has 0 bridgehead atoms. The third-order valence-electron chi connectivity index (χ3n) is 4.23. The van der Waals surface area contributed by atoms with Crippen LogP contribution in [0.5, 0.6) is 5.75 Å². The van der Waals surface area contributed by atoms with Gasteiger partial charge in [0.05, 0.1) is 13.2 Å². The number of aryl methyl sites for hydroxylation is 1. The van der Waals surface area contributed by atoms with Crippen LogP contribution in [0.15, 0.2) is 12.1 Å². The molecule has 3 nitrogen and oxygen atoms in total. The summed E-state index contributed by atoms with van der Waals surface area (Å²) in [5, 5.41) is 3.68. The van der Waals surface area contributed by atoms with E-state index in [1.54, 1.807) is 7.11 Å². The van der Waals surface area contributed by atoms with E-state index in [2.05, 4.69) is 45.1 Å². The van der Waals surface area contributed by atoms with Gasteiger partial charge in [0.15, 0.2) is 0 Å². The van der Waals surface area contributed by atoms with Gasteiger partial charge in [-0.05, 0) is 44.2 Å². The van der Waals surface area contributed by atoms with Crippen LogP contribution in [-0.2, 0) is 4.74 Å². The van der Waals surface area contributed by atoms with Crippen LogP contribution in [0.25, 0.3) is 0 Å². The van der Waals surface area contributed by atoms with E-state index in [1.165, 1.54) is 16.8 Å². The van der Waals surface area contributed by atoms with Gasteiger partial charge in [0.1, 0.15) is 5.75 Å². The first-order chi connectivity index (χ1) is 9.52. The first kappa shape index (κ1) is 15.2. The summed E-state index contributed by atoms with van der Waals surface area (Å²) in [6.45, 7) is 9.51. The molecule has 0 aliphatic carbocycles. The van der Waals surface area contributed by atoms with Crippen LogP contribution in [0.3, 0.4) is 0 Å². The van der Waals surface area contributed by atoms with Crippen molar-refractivity contribution in [2.75, 3.05) is 19.0 Å². The Morgan fingerprint density at radius 1 is 1.30 bits per heavy atom. The van der Waals surface area contributed by atoms with Crippen molar-refractivity contribution in [3.05, 3.63) is 23.3 Å². The average Bonchev–Trinajstić information content (AvgIpc) is 2.43. The Morgan fingerprint density at radius 2 is 2.05 bits per heavy atom. The Labute approximate surface area is 122 Å². The maximum atomic E-state index is 5.84. The molecule has 2 rings (SSSR count). The zero-order chi connectivity index (χ0) is 14.7. The zero-order valence-corrected chi connectivity index (χ0v) is 13.3. The summed E-state index contributed by atoms with van der Waals surface area (Å²) >= 11 is 0. The minimum Gasteiger partial charge on any atom is -0.496 e. The molecule has 2 unspecified atom stereocenters. The van der Waals surface area contributed by atoms with Gasteiger partial charge in [-0.2, -0.15) is 0 Å². The van der Waals surface area contributed by atoms with Gasteiger partial charge in [-0.3, -0.25) is 0 Å². The van der Waals surface area contributed by atoms with E-state index < -0.39 is 0 Å². The minimum atomic E-state index is 0.369. The van der Waals surface area contributed by atoms with Crippen LogP contribution in [0, 0.1) is 19.8 Å². The lowest BCUT2D eigenvalue weighted by Crippen LogP contribution is -2.36. The smallest absolute Gasteiger partial charge is 0.126 e. The molecule has 112 valence electrons. The lowest BCUT2D eigenvalue weighted by atomic mass is 9.95. The van der Waals surface area contributed by atoms with Crippen LogP contribution < -0.4 is 10.1 Å². The van der Waals surface area contributed by atoms with E-state index in [1.807, 2.05) is 0 Å². The molecule has 1 aliphatic rings. The summed E-state index contributed by atoms with van der Waals surface area (Å²) in [6.07, 6.45) is 2.51. The van der Waals surface area contributed by atoms with Crippen molar-refractivity contribution in [3.8, 4) is 5.75 Å². The molecule has 0 aromatic heterocycles. The molecule has 1 aromatic carbocycles.